The molecule has 1 heterocycles. The number of hydrogen-bond acceptors (Lipinski definition) is 4. The second-order valence-electron chi connectivity index (χ2n) is 3.22. The van der Waals surface area contributed by atoms with Gasteiger partial charge in [0, 0.05) is 13.2 Å². The maximum Gasteiger partial charge on any atom is 0.232 e. The van der Waals surface area contributed by atoms with Gasteiger partial charge in [0.15, 0.2) is 0 Å². The maximum atomic E-state index is 5.93. The van der Waals surface area contributed by atoms with Crippen molar-refractivity contribution in [2.45, 2.75) is 13.0 Å². The van der Waals surface area contributed by atoms with E-state index < -0.39 is 0 Å². The fraction of sp³-hybridized carbons (Fsp3) is 0.500. The van der Waals surface area contributed by atoms with E-state index in [2.05, 4.69) is 10.3 Å². The average Bonchev–Trinajstić information content (AvgIpc) is 2.18. The van der Waals surface area contributed by atoms with Gasteiger partial charge in [-0.25, -0.2) is 4.98 Å². The molecule has 0 saturated heterocycles. The van der Waals surface area contributed by atoms with Gasteiger partial charge in [-0.1, -0.05) is 11.6 Å². The third-order valence-electron chi connectivity index (χ3n) is 1.83. The van der Waals surface area contributed by atoms with Crippen molar-refractivity contribution in [3.05, 3.63) is 17.3 Å². The molecule has 0 bridgehead atoms. The lowest BCUT2D eigenvalue weighted by atomic mass is 10.3. The highest BCUT2D eigenvalue weighted by molar-refractivity contribution is 6.32. The molecule has 0 aliphatic carbocycles. The van der Waals surface area contributed by atoms with Crippen molar-refractivity contribution in [1.29, 1.82) is 0 Å². The molecule has 5 heteroatoms. The lowest BCUT2D eigenvalue weighted by Crippen LogP contribution is -2.20. The molecule has 4 nitrogen and oxygen atoms in total. The van der Waals surface area contributed by atoms with Gasteiger partial charge in [0.05, 0.1) is 25.6 Å². The van der Waals surface area contributed by atoms with Crippen molar-refractivity contribution in [2.24, 2.45) is 0 Å². The number of rotatable bonds is 5. The molecule has 1 aromatic rings. The van der Waals surface area contributed by atoms with Crippen LogP contribution in [0.5, 0.6) is 5.88 Å². The molecule has 1 rings (SSSR count). The van der Waals surface area contributed by atoms with Gasteiger partial charge in [0.1, 0.15) is 5.02 Å². The summed E-state index contributed by atoms with van der Waals surface area (Å²) in [4.78, 5) is 4.05. The Morgan fingerprint density at radius 2 is 2.27 bits per heavy atom. The van der Waals surface area contributed by atoms with E-state index in [1.807, 2.05) is 6.92 Å². The first-order chi connectivity index (χ1) is 7.17. The minimum absolute atomic E-state index is 0.210. The summed E-state index contributed by atoms with van der Waals surface area (Å²) in [6.45, 7) is 2.64. The molecule has 1 N–H and O–H groups in total. The summed E-state index contributed by atoms with van der Waals surface area (Å²) in [5, 5.41) is 3.70. The van der Waals surface area contributed by atoms with E-state index in [0.29, 0.717) is 17.5 Å². The largest absolute Gasteiger partial charge is 0.480 e. The summed E-state index contributed by atoms with van der Waals surface area (Å²) >= 11 is 5.93. The lowest BCUT2D eigenvalue weighted by molar-refractivity contribution is 0.190. The molecule has 0 amide bonds. The van der Waals surface area contributed by atoms with Crippen molar-refractivity contribution in [1.82, 2.24) is 4.98 Å². The fourth-order valence-corrected chi connectivity index (χ4v) is 1.47. The van der Waals surface area contributed by atoms with E-state index in [9.17, 15) is 0 Å². The Labute approximate surface area is 94.6 Å². The van der Waals surface area contributed by atoms with Crippen LogP contribution in [-0.2, 0) is 4.74 Å². The normalized spacial score (nSPS) is 12.3. The standard InChI is InChI=1S/C10H15ClN2O2/c1-7(6-14-2)13-8-4-9(11)10(15-3)12-5-8/h4-5,7,13H,6H2,1-3H3. The maximum absolute atomic E-state index is 5.93. The van der Waals surface area contributed by atoms with E-state index in [4.69, 9.17) is 21.1 Å². The highest BCUT2D eigenvalue weighted by Gasteiger charge is 2.05. The Morgan fingerprint density at radius 3 is 2.80 bits per heavy atom. The Hall–Kier alpha value is -1.00. The fourth-order valence-electron chi connectivity index (χ4n) is 1.23. The minimum Gasteiger partial charge on any atom is -0.480 e. The molecule has 1 aromatic heterocycles. The highest BCUT2D eigenvalue weighted by atomic mass is 35.5. The Kier molecular flexibility index (Phi) is 4.65. The van der Waals surface area contributed by atoms with Gasteiger partial charge in [-0.15, -0.1) is 0 Å². The summed E-state index contributed by atoms with van der Waals surface area (Å²) in [6, 6.07) is 1.99. The third kappa shape index (κ3) is 3.57. The first kappa shape index (κ1) is 12.1. The monoisotopic (exact) mass is 230 g/mol. The lowest BCUT2D eigenvalue weighted by Gasteiger charge is -2.14. The number of hydrogen-bond donors (Lipinski definition) is 1. The Bertz CT molecular complexity index is 320. The first-order valence-electron chi connectivity index (χ1n) is 4.62. The summed E-state index contributed by atoms with van der Waals surface area (Å²) in [5.41, 5.74) is 0.852. The Morgan fingerprint density at radius 1 is 1.53 bits per heavy atom. The van der Waals surface area contributed by atoms with Crippen LogP contribution < -0.4 is 10.1 Å². The third-order valence-corrected chi connectivity index (χ3v) is 2.10. The number of pyridine rings is 1. The molecule has 0 fully saturated rings. The predicted octanol–water partition coefficient (Wildman–Crippen LogP) is 2.19. The van der Waals surface area contributed by atoms with Gasteiger partial charge >= 0.3 is 0 Å². The number of nitrogens with one attached hydrogen (secondary N) is 1. The van der Waals surface area contributed by atoms with Crippen LogP contribution in [0.3, 0.4) is 0 Å². The zero-order valence-electron chi connectivity index (χ0n) is 9.08. The summed E-state index contributed by atoms with van der Waals surface area (Å²) in [5.74, 6) is 0.432. The number of anilines is 1. The molecule has 0 aliphatic rings. The van der Waals surface area contributed by atoms with E-state index in [-0.39, 0.29) is 6.04 Å². The molecular formula is C10H15ClN2O2. The zero-order valence-corrected chi connectivity index (χ0v) is 9.84. The molecule has 0 radical (unpaired) electrons. The van der Waals surface area contributed by atoms with Crippen molar-refractivity contribution in [2.75, 3.05) is 26.1 Å². The van der Waals surface area contributed by atoms with E-state index >= 15 is 0 Å². The molecule has 0 aromatic carbocycles. The SMILES string of the molecule is COCC(C)Nc1cnc(OC)c(Cl)c1. The number of nitrogens with zero attached hydrogens (tertiary/aromatic N) is 1. The van der Waals surface area contributed by atoms with Crippen LogP contribution in [0.25, 0.3) is 0 Å². The second kappa shape index (κ2) is 5.78. The van der Waals surface area contributed by atoms with Crippen molar-refractivity contribution < 1.29 is 9.47 Å². The van der Waals surface area contributed by atoms with E-state index in [1.165, 1.54) is 7.11 Å². The molecular weight excluding hydrogens is 216 g/mol. The molecule has 84 valence electrons. The predicted molar refractivity (Wildman–Crippen MR) is 60.8 cm³/mol. The van der Waals surface area contributed by atoms with Gasteiger partial charge in [-0.2, -0.15) is 0 Å². The molecule has 1 atom stereocenters. The van der Waals surface area contributed by atoms with Gasteiger partial charge in [-0.3, -0.25) is 0 Å². The van der Waals surface area contributed by atoms with Crippen LogP contribution >= 0.6 is 11.6 Å². The quantitative estimate of drug-likeness (QED) is 0.842. The molecule has 15 heavy (non-hydrogen) atoms. The summed E-state index contributed by atoms with van der Waals surface area (Å²) in [6.07, 6.45) is 1.68. The molecule has 0 saturated carbocycles. The zero-order chi connectivity index (χ0) is 11.3. The van der Waals surface area contributed by atoms with Crippen molar-refractivity contribution in [3.8, 4) is 5.88 Å². The van der Waals surface area contributed by atoms with Crippen LogP contribution in [0.1, 0.15) is 6.92 Å². The van der Waals surface area contributed by atoms with Crippen LogP contribution in [0, 0.1) is 0 Å². The van der Waals surface area contributed by atoms with Crippen LogP contribution in [-0.4, -0.2) is 31.9 Å². The van der Waals surface area contributed by atoms with Crippen LogP contribution in [0.2, 0.25) is 5.02 Å². The number of aromatic nitrogens is 1. The molecule has 1 unspecified atom stereocenters. The van der Waals surface area contributed by atoms with Gasteiger partial charge in [0.25, 0.3) is 0 Å². The van der Waals surface area contributed by atoms with Crippen molar-refractivity contribution in [3.63, 3.8) is 0 Å². The number of halogens is 1. The van der Waals surface area contributed by atoms with Crippen molar-refractivity contribution >= 4 is 17.3 Å². The Balaban J connectivity index is 2.66. The van der Waals surface area contributed by atoms with E-state index in [0.717, 1.165) is 5.69 Å². The minimum atomic E-state index is 0.210. The first-order valence-corrected chi connectivity index (χ1v) is 5.00. The topological polar surface area (TPSA) is 43.4 Å². The number of ether oxygens (including phenoxy) is 2. The van der Waals surface area contributed by atoms with Crippen LogP contribution in [0.4, 0.5) is 5.69 Å². The average molecular weight is 231 g/mol. The smallest absolute Gasteiger partial charge is 0.232 e. The van der Waals surface area contributed by atoms with Crippen LogP contribution in [0.15, 0.2) is 12.3 Å². The van der Waals surface area contributed by atoms with Gasteiger partial charge in [-0.05, 0) is 13.0 Å². The molecule has 0 spiro atoms. The highest BCUT2D eigenvalue weighted by Crippen LogP contribution is 2.24. The second-order valence-corrected chi connectivity index (χ2v) is 3.62. The summed E-state index contributed by atoms with van der Waals surface area (Å²) < 4.78 is 9.97. The van der Waals surface area contributed by atoms with Gasteiger partial charge in [0.2, 0.25) is 5.88 Å². The van der Waals surface area contributed by atoms with Gasteiger partial charge < -0.3 is 14.8 Å². The summed E-state index contributed by atoms with van der Waals surface area (Å²) in [7, 11) is 3.20. The molecule has 0 aliphatic heterocycles. The van der Waals surface area contributed by atoms with E-state index in [1.54, 1.807) is 19.4 Å². The number of methoxy groups -OCH3 is 2.